The summed E-state index contributed by atoms with van der Waals surface area (Å²) in [6.07, 6.45) is 2.38. The Labute approximate surface area is 109 Å². The van der Waals surface area contributed by atoms with Crippen LogP contribution in [0.15, 0.2) is 30.9 Å². The highest BCUT2D eigenvalue weighted by molar-refractivity contribution is 5.38. The van der Waals surface area contributed by atoms with Crippen molar-refractivity contribution < 1.29 is 9.84 Å². The van der Waals surface area contributed by atoms with E-state index in [9.17, 15) is 0 Å². The van der Waals surface area contributed by atoms with Crippen LogP contribution in [0.3, 0.4) is 0 Å². The summed E-state index contributed by atoms with van der Waals surface area (Å²) in [6.45, 7) is 9.51. The van der Waals surface area contributed by atoms with E-state index in [4.69, 9.17) is 9.84 Å². The third-order valence-electron chi connectivity index (χ3n) is 2.56. The Morgan fingerprint density at radius 2 is 2.28 bits per heavy atom. The summed E-state index contributed by atoms with van der Waals surface area (Å²) < 4.78 is 5.73. The van der Waals surface area contributed by atoms with Crippen molar-refractivity contribution in [3.63, 3.8) is 0 Å². The molecule has 0 aliphatic carbocycles. The lowest BCUT2D eigenvalue weighted by Crippen LogP contribution is -2.28. The lowest BCUT2D eigenvalue weighted by molar-refractivity contribution is 0.188. The Hall–Kier alpha value is -1.32. The number of aliphatic hydroxyl groups is 1. The molecule has 0 saturated heterocycles. The van der Waals surface area contributed by atoms with Crippen molar-refractivity contribution >= 4 is 0 Å². The molecule has 0 aromatic heterocycles. The molecule has 1 aromatic carbocycles. The van der Waals surface area contributed by atoms with Crippen LogP contribution in [0, 0.1) is 6.92 Å². The molecule has 18 heavy (non-hydrogen) atoms. The largest absolute Gasteiger partial charge is 0.492 e. The summed E-state index contributed by atoms with van der Waals surface area (Å²) in [7, 11) is 0. The highest BCUT2D eigenvalue weighted by Crippen LogP contribution is 2.20. The van der Waals surface area contributed by atoms with Gasteiger partial charge < -0.3 is 15.2 Å². The molecule has 0 amide bonds. The van der Waals surface area contributed by atoms with E-state index in [1.54, 1.807) is 6.92 Å². The zero-order valence-electron chi connectivity index (χ0n) is 11.3. The van der Waals surface area contributed by atoms with Gasteiger partial charge in [-0.3, -0.25) is 0 Å². The first-order valence-electron chi connectivity index (χ1n) is 6.35. The van der Waals surface area contributed by atoms with Gasteiger partial charge in [0.2, 0.25) is 0 Å². The molecular formula is C15H23NO2. The minimum absolute atomic E-state index is 0.319. The molecular weight excluding hydrogens is 226 g/mol. The molecule has 2 N–H and O–H groups in total. The predicted octanol–water partition coefficient (Wildman–Crippen LogP) is 2.07. The molecule has 0 heterocycles. The van der Waals surface area contributed by atoms with Crippen molar-refractivity contribution in [1.82, 2.24) is 5.32 Å². The molecule has 3 nitrogen and oxygen atoms in total. The van der Waals surface area contributed by atoms with E-state index < -0.39 is 0 Å². The molecule has 0 saturated carbocycles. The van der Waals surface area contributed by atoms with Crippen LogP contribution in [-0.4, -0.2) is 30.9 Å². The molecule has 100 valence electrons. The lowest BCUT2D eigenvalue weighted by atomic mass is 10.1. The number of allylic oxidation sites excluding steroid dienone is 1. The first kappa shape index (κ1) is 14.7. The highest BCUT2D eigenvalue weighted by atomic mass is 16.5. The normalized spacial score (nSPS) is 12.2. The van der Waals surface area contributed by atoms with Crippen LogP contribution in [0.25, 0.3) is 0 Å². The Kier molecular flexibility index (Phi) is 6.47. The quantitative estimate of drug-likeness (QED) is 0.547. The average Bonchev–Trinajstić information content (AvgIpc) is 2.31. The molecule has 0 radical (unpaired) electrons. The van der Waals surface area contributed by atoms with Gasteiger partial charge >= 0.3 is 0 Å². The van der Waals surface area contributed by atoms with Gasteiger partial charge in [-0.05, 0) is 31.9 Å². The Morgan fingerprint density at radius 1 is 1.50 bits per heavy atom. The van der Waals surface area contributed by atoms with Gasteiger partial charge in [0.05, 0.1) is 6.10 Å². The van der Waals surface area contributed by atoms with E-state index in [2.05, 4.69) is 24.9 Å². The molecule has 0 bridgehead atoms. The van der Waals surface area contributed by atoms with Crippen LogP contribution in [-0.2, 0) is 6.42 Å². The SMILES string of the molecule is C=CCc1cc(C)ccc1OCCNC[C@@H](C)O. The summed E-state index contributed by atoms with van der Waals surface area (Å²) in [4.78, 5) is 0. The van der Waals surface area contributed by atoms with E-state index in [1.807, 2.05) is 18.2 Å². The molecule has 1 atom stereocenters. The zero-order valence-corrected chi connectivity index (χ0v) is 11.3. The van der Waals surface area contributed by atoms with Gasteiger partial charge in [-0.15, -0.1) is 6.58 Å². The van der Waals surface area contributed by atoms with Gasteiger partial charge in [0.15, 0.2) is 0 Å². The van der Waals surface area contributed by atoms with Crippen LogP contribution in [0.5, 0.6) is 5.75 Å². The second-order valence-electron chi connectivity index (χ2n) is 4.51. The third-order valence-corrected chi connectivity index (χ3v) is 2.56. The van der Waals surface area contributed by atoms with Gasteiger partial charge in [0, 0.05) is 13.1 Å². The fourth-order valence-corrected chi connectivity index (χ4v) is 1.71. The highest BCUT2D eigenvalue weighted by Gasteiger charge is 2.02. The molecule has 0 unspecified atom stereocenters. The number of hydrogen-bond donors (Lipinski definition) is 2. The average molecular weight is 249 g/mol. The maximum Gasteiger partial charge on any atom is 0.122 e. The van der Waals surface area contributed by atoms with Crippen molar-refractivity contribution in [2.24, 2.45) is 0 Å². The summed E-state index contributed by atoms with van der Waals surface area (Å²) in [5.41, 5.74) is 2.40. The smallest absolute Gasteiger partial charge is 0.122 e. The summed E-state index contributed by atoms with van der Waals surface area (Å²) in [6, 6.07) is 6.17. The number of aliphatic hydroxyl groups excluding tert-OH is 1. The molecule has 1 rings (SSSR count). The van der Waals surface area contributed by atoms with Crippen LogP contribution in [0.4, 0.5) is 0 Å². The first-order chi connectivity index (χ1) is 8.63. The maximum absolute atomic E-state index is 9.10. The predicted molar refractivity (Wildman–Crippen MR) is 75.1 cm³/mol. The number of benzene rings is 1. The minimum Gasteiger partial charge on any atom is -0.492 e. The van der Waals surface area contributed by atoms with Crippen molar-refractivity contribution in [1.29, 1.82) is 0 Å². The standard InChI is InChI=1S/C15H23NO2/c1-4-5-14-10-12(2)6-7-15(14)18-9-8-16-11-13(3)17/h4,6-7,10,13,16-17H,1,5,8-9,11H2,2-3H3/t13-/m1/s1. The zero-order chi connectivity index (χ0) is 13.4. The van der Waals surface area contributed by atoms with Gasteiger partial charge in [0.25, 0.3) is 0 Å². The van der Waals surface area contributed by atoms with Gasteiger partial charge in [-0.25, -0.2) is 0 Å². The van der Waals surface area contributed by atoms with E-state index in [0.29, 0.717) is 13.2 Å². The summed E-state index contributed by atoms with van der Waals surface area (Å²) in [5.74, 6) is 0.916. The maximum atomic E-state index is 9.10. The van der Waals surface area contributed by atoms with Crippen LogP contribution in [0.2, 0.25) is 0 Å². The Bertz CT molecular complexity index is 375. The second kappa shape index (κ2) is 7.90. The van der Waals surface area contributed by atoms with Gasteiger partial charge in [-0.1, -0.05) is 23.8 Å². The number of aryl methyl sites for hydroxylation is 1. The summed E-state index contributed by atoms with van der Waals surface area (Å²) >= 11 is 0. The van der Waals surface area contributed by atoms with Crippen molar-refractivity contribution in [2.45, 2.75) is 26.4 Å². The fraction of sp³-hybridized carbons (Fsp3) is 0.467. The van der Waals surface area contributed by atoms with Crippen LogP contribution >= 0.6 is 0 Å². The summed E-state index contributed by atoms with van der Waals surface area (Å²) in [5, 5.41) is 12.2. The monoisotopic (exact) mass is 249 g/mol. The Balaban J connectivity index is 2.43. The Morgan fingerprint density at radius 3 is 2.94 bits per heavy atom. The molecule has 0 fully saturated rings. The second-order valence-corrected chi connectivity index (χ2v) is 4.51. The molecule has 3 heteroatoms. The number of rotatable bonds is 8. The van der Waals surface area contributed by atoms with Crippen LogP contribution < -0.4 is 10.1 Å². The van der Waals surface area contributed by atoms with Crippen molar-refractivity contribution in [3.8, 4) is 5.75 Å². The molecule has 0 spiro atoms. The van der Waals surface area contributed by atoms with Gasteiger partial charge in [-0.2, -0.15) is 0 Å². The van der Waals surface area contributed by atoms with E-state index >= 15 is 0 Å². The van der Waals surface area contributed by atoms with E-state index in [1.165, 1.54) is 11.1 Å². The number of ether oxygens (including phenoxy) is 1. The molecule has 0 aliphatic rings. The first-order valence-corrected chi connectivity index (χ1v) is 6.35. The van der Waals surface area contributed by atoms with E-state index in [0.717, 1.165) is 18.7 Å². The van der Waals surface area contributed by atoms with Crippen molar-refractivity contribution in [2.75, 3.05) is 19.7 Å². The number of hydrogen-bond acceptors (Lipinski definition) is 3. The molecule has 1 aromatic rings. The fourth-order valence-electron chi connectivity index (χ4n) is 1.71. The number of nitrogens with one attached hydrogen (secondary N) is 1. The van der Waals surface area contributed by atoms with Crippen LogP contribution in [0.1, 0.15) is 18.1 Å². The molecule has 0 aliphatic heterocycles. The van der Waals surface area contributed by atoms with E-state index in [-0.39, 0.29) is 6.10 Å². The topological polar surface area (TPSA) is 41.5 Å². The van der Waals surface area contributed by atoms with Gasteiger partial charge in [0.1, 0.15) is 12.4 Å². The van der Waals surface area contributed by atoms with Crippen molar-refractivity contribution in [3.05, 3.63) is 42.0 Å². The lowest BCUT2D eigenvalue weighted by Gasteiger charge is -2.12. The minimum atomic E-state index is -0.319. The third kappa shape index (κ3) is 5.34.